The van der Waals surface area contributed by atoms with E-state index < -0.39 is 5.60 Å². The maximum absolute atomic E-state index is 10.5. The predicted molar refractivity (Wildman–Crippen MR) is 59.2 cm³/mol. The molecule has 2 saturated heterocycles. The van der Waals surface area contributed by atoms with E-state index in [4.69, 9.17) is 14.6 Å². The Morgan fingerprint density at radius 1 is 1.00 bits per heavy atom. The molecule has 2 atom stereocenters. The van der Waals surface area contributed by atoms with Crippen LogP contribution in [0.25, 0.3) is 0 Å². The van der Waals surface area contributed by atoms with Crippen molar-refractivity contribution in [2.45, 2.75) is 56.3 Å². The Labute approximate surface area is 96.6 Å². The van der Waals surface area contributed by atoms with E-state index in [1.165, 1.54) is 0 Å². The molecule has 2 heterocycles. The van der Waals surface area contributed by atoms with Crippen molar-refractivity contribution >= 4 is 0 Å². The van der Waals surface area contributed by atoms with Gasteiger partial charge in [-0.15, -0.1) is 0 Å². The van der Waals surface area contributed by atoms with E-state index in [0.29, 0.717) is 0 Å². The first-order chi connectivity index (χ1) is 7.72. The van der Waals surface area contributed by atoms with E-state index in [2.05, 4.69) is 0 Å². The first kappa shape index (κ1) is 12.3. The molecule has 2 aliphatic rings. The summed E-state index contributed by atoms with van der Waals surface area (Å²) < 4.78 is 10.4. The standard InChI is InChI=1S/C12H22O4/c13-5-3-1-2-4-12(14,6-10-8-15-10)7-11-9-16-11/h10-11,13-14H,1-9H2. The van der Waals surface area contributed by atoms with Gasteiger partial charge in [-0.25, -0.2) is 0 Å². The third-order valence-electron chi connectivity index (χ3n) is 3.32. The largest absolute Gasteiger partial charge is 0.396 e. The summed E-state index contributed by atoms with van der Waals surface area (Å²) in [7, 11) is 0. The topological polar surface area (TPSA) is 65.5 Å². The van der Waals surface area contributed by atoms with Crippen LogP contribution in [0.15, 0.2) is 0 Å². The zero-order chi connectivity index (χ0) is 11.4. The molecule has 0 amide bonds. The molecule has 2 rings (SSSR count). The highest BCUT2D eigenvalue weighted by Gasteiger charge is 2.40. The van der Waals surface area contributed by atoms with Crippen LogP contribution in [0.5, 0.6) is 0 Å². The van der Waals surface area contributed by atoms with Crippen molar-refractivity contribution in [3.8, 4) is 0 Å². The highest BCUT2D eigenvalue weighted by atomic mass is 16.6. The summed E-state index contributed by atoms with van der Waals surface area (Å²) in [4.78, 5) is 0. The second kappa shape index (κ2) is 5.45. The lowest BCUT2D eigenvalue weighted by atomic mass is 9.87. The molecule has 0 radical (unpaired) electrons. The second-order valence-electron chi connectivity index (χ2n) is 5.08. The fourth-order valence-corrected chi connectivity index (χ4v) is 2.25. The Kier molecular flexibility index (Phi) is 4.19. The molecule has 0 aromatic rings. The van der Waals surface area contributed by atoms with Gasteiger partial charge >= 0.3 is 0 Å². The minimum absolute atomic E-state index is 0.246. The molecule has 0 spiro atoms. The van der Waals surface area contributed by atoms with E-state index >= 15 is 0 Å². The molecule has 0 saturated carbocycles. The van der Waals surface area contributed by atoms with Gasteiger partial charge < -0.3 is 19.7 Å². The van der Waals surface area contributed by atoms with Gasteiger partial charge in [0.2, 0.25) is 0 Å². The average molecular weight is 230 g/mol. The number of unbranched alkanes of at least 4 members (excludes halogenated alkanes) is 2. The van der Waals surface area contributed by atoms with Gasteiger partial charge in [-0.2, -0.15) is 0 Å². The summed E-state index contributed by atoms with van der Waals surface area (Å²) >= 11 is 0. The Balaban J connectivity index is 1.70. The zero-order valence-electron chi connectivity index (χ0n) is 9.73. The third-order valence-corrected chi connectivity index (χ3v) is 3.32. The maximum Gasteiger partial charge on any atom is 0.0837 e. The van der Waals surface area contributed by atoms with Gasteiger partial charge in [-0.05, 0) is 12.8 Å². The van der Waals surface area contributed by atoms with Crippen LogP contribution in [0.4, 0.5) is 0 Å². The van der Waals surface area contributed by atoms with Gasteiger partial charge in [0.25, 0.3) is 0 Å². The molecule has 0 aliphatic carbocycles. The van der Waals surface area contributed by atoms with Crippen molar-refractivity contribution in [1.29, 1.82) is 0 Å². The van der Waals surface area contributed by atoms with Crippen molar-refractivity contribution in [2.75, 3.05) is 19.8 Å². The van der Waals surface area contributed by atoms with Crippen molar-refractivity contribution in [2.24, 2.45) is 0 Å². The van der Waals surface area contributed by atoms with Crippen molar-refractivity contribution in [3.63, 3.8) is 0 Å². The zero-order valence-corrected chi connectivity index (χ0v) is 9.73. The lowest BCUT2D eigenvalue weighted by molar-refractivity contribution is -0.000904. The highest BCUT2D eigenvalue weighted by molar-refractivity contribution is 4.90. The second-order valence-corrected chi connectivity index (χ2v) is 5.08. The lowest BCUT2D eigenvalue weighted by Gasteiger charge is -2.27. The number of ether oxygens (including phenoxy) is 2. The molecule has 2 unspecified atom stereocenters. The molecular weight excluding hydrogens is 208 g/mol. The van der Waals surface area contributed by atoms with Gasteiger partial charge in [-0.1, -0.05) is 12.8 Å². The van der Waals surface area contributed by atoms with Crippen LogP contribution in [0.1, 0.15) is 38.5 Å². The Hall–Kier alpha value is -0.160. The molecule has 2 fully saturated rings. The fourth-order valence-electron chi connectivity index (χ4n) is 2.25. The fraction of sp³-hybridized carbons (Fsp3) is 1.00. The van der Waals surface area contributed by atoms with E-state index in [9.17, 15) is 5.11 Å². The van der Waals surface area contributed by atoms with E-state index in [0.717, 1.165) is 51.7 Å². The molecule has 0 aromatic carbocycles. The van der Waals surface area contributed by atoms with Gasteiger partial charge in [-0.3, -0.25) is 0 Å². The number of hydrogen-bond donors (Lipinski definition) is 2. The summed E-state index contributed by atoms with van der Waals surface area (Å²) in [5.74, 6) is 0. The minimum Gasteiger partial charge on any atom is -0.396 e. The number of rotatable bonds is 9. The van der Waals surface area contributed by atoms with Gasteiger partial charge in [0.15, 0.2) is 0 Å². The number of epoxide rings is 2. The van der Waals surface area contributed by atoms with E-state index in [1.807, 2.05) is 0 Å². The minimum atomic E-state index is -0.613. The van der Waals surface area contributed by atoms with Crippen molar-refractivity contribution in [1.82, 2.24) is 0 Å². The smallest absolute Gasteiger partial charge is 0.0837 e. The lowest BCUT2D eigenvalue weighted by Crippen LogP contribution is -2.32. The third kappa shape index (κ3) is 4.37. The molecule has 4 nitrogen and oxygen atoms in total. The van der Waals surface area contributed by atoms with Crippen LogP contribution < -0.4 is 0 Å². The Bertz CT molecular complexity index is 197. The quantitative estimate of drug-likeness (QED) is 0.455. The van der Waals surface area contributed by atoms with Gasteiger partial charge in [0, 0.05) is 19.4 Å². The van der Waals surface area contributed by atoms with Crippen molar-refractivity contribution in [3.05, 3.63) is 0 Å². The molecule has 0 aromatic heterocycles. The summed E-state index contributed by atoms with van der Waals surface area (Å²) in [6.07, 6.45) is 5.59. The van der Waals surface area contributed by atoms with Crippen LogP contribution in [0.2, 0.25) is 0 Å². The molecule has 4 heteroatoms. The molecule has 0 bridgehead atoms. The Morgan fingerprint density at radius 2 is 1.56 bits per heavy atom. The van der Waals surface area contributed by atoms with Crippen LogP contribution in [-0.4, -0.2) is 47.8 Å². The summed E-state index contributed by atoms with van der Waals surface area (Å²) in [5, 5.41) is 19.2. The first-order valence-electron chi connectivity index (χ1n) is 6.28. The van der Waals surface area contributed by atoms with E-state index in [1.54, 1.807) is 0 Å². The van der Waals surface area contributed by atoms with Crippen LogP contribution in [-0.2, 0) is 9.47 Å². The first-order valence-corrected chi connectivity index (χ1v) is 6.28. The van der Waals surface area contributed by atoms with Gasteiger partial charge in [0.05, 0.1) is 31.0 Å². The molecular formula is C12H22O4. The summed E-state index contributed by atoms with van der Waals surface area (Å²) in [6.45, 7) is 1.84. The average Bonchev–Trinajstić information content (AvgIpc) is 3.10. The summed E-state index contributed by atoms with van der Waals surface area (Å²) in [5.41, 5.74) is -0.613. The monoisotopic (exact) mass is 230 g/mol. The molecule has 2 aliphatic heterocycles. The molecule has 94 valence electrons. The van der Waals surface area contributed by atoms with Crippen molar-refractivity contribution < 1.29 is 19.7 Å². The highest BCUT2D eigenvalue weighted by Crippen LogP contribution is 2.34. The van der Waals surface area contributed by atoms with E-state index in [-0.39, 0.29) is 18.8 Å². The van der Waals surface area contributed by atoms with Crippen LogP contribution in [0, 0.1) is 0 Å². The van der Waals surface area contributed by atoms with Crippen LogP contribution in [0.3, 0.4) is 0 Å². The molecule has 2 N–H and O–H groups in total. The normalized spacial score (nSPS) is 31.1. The SMILES string of the molecule is OCCCCCC(O)(CC1CO1)CC1CO1. The predicted octanol–water partition coefficient (Wildman–Crippen LogP) is 0.848. The maximum atomic E-state index is 10.5. The number of aliphatic hydroxyl groups is 2. The Morgan fingerprint density at radius 3 is 2.00 bits per heavy atom. The van der Waals surface area contributed by atoms with Crippen LogP contribution >= 0.6 is 0 Å². The molecule has 16 heavy (non-hydrogen) atoms. The number of aliphatic hydroxyl groups excluding tert-OH is 1. The number of hydrogen-bond acceptors (Lipinski definition) is 4. The summed E-state index contributed by atoms with van der Waals surface area (Å²) in [6, 6.07) is 0. The van der Waals surface area contributed by atoms with Gasteiger partial charge in [0.1, 0.15) is 0 Å².